The van der Waals surface area contributed by atoms with Gasteiger partial charge in [-0.25, -0.2) is 0 Å². The zero-order valence-corrected chi connectivity index (χ0v) is 11.3. The van der Waals surface area contributed by atoms with Crippen LogP contribution in [0.5, 0.6) is 0 Å². The Kier molecular flexibility index (Phi) is 3.61. The van der Waals surface area contributed by atoms with Crippen molar-refractivity contribution in [2.24, 2.45) is 0 Å². The van der Waals surface area contributed by atoms with E-state index < -0.39 is 5.60 Å². The van der Waals surface area contributed by atoms with E-state index in [0.717, 1.165) is 38.6 Å². The normalized spacial score (nSPS) is 34.6. The molecule has 1 aromatic rings. The average Bonchev–Trinajstić information content (AvgIpc) is 2.46. The number of fused-ring (bicyclic) bond motifs is 3. The molecular weight excluding hydrogens is 238 g/mol. The van der Waals surface area contributed by atoms with E-state index in [1.807, 2.05) is 6.07 Å². The van der Waals surface area contributed by atoms with Crippen molar-refractivity contribution in [3.05, 3.63) is 35.9 Å². The molecule has 19 heavy (non-hydrogen) atoms. The minimum Gasteiger partial charge on any atom is -0.395 e. The van der Waals surface area contributed by atoms with Gasteiger partial charge in [0.05, 0.1) is 18.2 Å². The molecule has 2 aliphatic heterocycles. The first kappa shape index (κ1) is 13.1. The predicted molar refractivity (Wildman–Crippen MR) is 74.9 cm³/mol. The monoisotopic (exact) mass is 261 g/mol. The fourth-order valence-corrected chi connectivity index (χ4v) is 3.85. The van der Waals surface area contributed by atoms with Crippen molar-refractivity contribution in [2.45, 2.75) is 49.8 Å². The molecular formula is C16H23NO2. The number of hydrogen-bond donors (Lipinski definition) is 2. The maximum absolute atomic E-state index is 10.6. The number of aliphatic hydroxyl groups is 2. The number of nitrogens with zero attached hydrogens (tertiary/aromatic N) is 1. The van der Waals surface area contributed by atoms with Crippen molar-refractivity contribution in [3.63, 3.8) is 0 Å². The lowest BCUT2D eigenvalue weighted by Gasteiger charge is -2.55. The van der Waals surface area contributed by atoms with Crippen LogP contribution in [0.3, 0.4) is 0 Å². The quantitative estimate of drug-likeness (QED) is 0.865. The minimum atomic E-state index is -0.653. The summed E-state index contributed by atoms with van der Waals surface area (Å²) in [6.07, 6.45) is 4.84. The summed E-state index contributed by atoms with van der Waals surface area (Å²) in [6.45, 7) is 1.00. The summed E-state index contributed by atoms with van der Waals surface area (Å²) in [5, 5.41) is 20.3. The summed E-state index contributed by atoms with van der Waals surface area (Å²) in [5.74, 6) is 0. The van der Waals surface area contributed by atoms with Crippen molar-refractivity contribution < 1.29 is 10.2 Å². The number of rotatable bonds is 4. The first-order valence-electron chi connectivity index (χ1n) is 7.36. The maximum Gasteiger partial charge on any atom is 0.0825 e. The molecule has 4 rings (SSSR count). The van der Waals surface area contributed by atoms with Gasteiger partial charge in [-0.15, -0.1) is 0 Å². The smallest absolute Gasteiger partial charge is 0.0825 e. The van der Waals surface area contributed by atoms with E-state index in [4.69, 9.17) is 0 Å². The number of benzene rings is 1. The summed E-state index contributed by atoms with van der Waals surface area (Å²) in [6, 6.07) is 10.9. The molecule has 0 spiro atoms. The van der Waals surface area contributed by atoms with Gasteiger partial charge in [0.1, 0.15) is 0 Å². The molecule has 3 aliphatic rings. The number of piperidine rings is 2. The average molecular weight is 261 g/mol. The zero-order chi connectivity index (χ0) is 13.3. The van der Waals surface area contributed by atoms with Gasteiger partial charge in [-0.2, -0.15) is 0 Å². The number of hydrogen-bond acceptors (Lipinski definition) is 3. The summed E-state index contributed by atoms with van der Waals surface area (Å²) in [4.78, 5) is 2.35. The van der Waals surface area contributed by atoms with Crippen LogP contribution < -0.4 is 0 Å². The van der Waals surface area contributed by atoms with Crippen LogP contribution in [0.4, 0.5) is 0 Å². The minimum absolute atomic E-state index is 0.0660. The molecule has 1 aliphatic carbocycles. The topological polar surface area (TPSA) is 43.7 Å². The van der Waals surface area contributed by atoms with Crippen LogP contribution in [0.25, 0.3) is 0 Å². The van der Waals surface area contributed by atoms with Crippen LogP contribution in [0.15, 0.2) is 30.3 Å². The van der Waals surface area contributed by atoms with E-state index in [0.29, 0.717) is 6.04 Å². The molecule has 2 N–H and O–H groups in total. The second-order valence-electron chi connectivity index (χ2n) is 6.01. The SMILES string of the molecule is OCC1N(CCc2ccccc2)C2CCC1(O)CC2. The molecule has 1 aromatic carbocycles. The highest BCUT2D eigenvalue weighted by molar-refractivity contribution is 5.15. The van der Waals surface area contributed by atoms with Crippen LogP contribution >= 0.6 is 0 Å². The standard InChI is InChI=1S/C16H23NO2/c18-12-15-16(19)9-6-14(7-10-16)17(15)11-8-13-4-2-1-3-5-13/h1-5,14-15,18-19H,6-12H2. The Morgan fingerprint density at radius 3 is 2.47 bits per heavy atom. The lowest BCUT2D eigenvalue weighted by Crippen LogP contribution is -2.66. The largest absolute Gasteiger partial charge is 0.395 e. The summed E-state index contributed by atoms with van der Waals surface area (Å²) in [5.41, 5.74) is 0.674. The highest BCUT2D eigenvalue weighted by Gasteiger charge is 2.50. The second kappa shape index (κ2) is 5.23. The van der Waals surface area contributed by atoms with Crippen LogP contribution in [0.2, 0.25) is 0 Å². The molecule has 2 saturated heterocycles. The molecule has 0 amide bonds. The first-order chi connectivity index (χ1) is 9.23. The van der Waals surface area contributed by atoms with Gasteiger partial charge in [0.2, 0.25) is 0 Å². The van der Waals surface area contributed by atoms with Gasteiger partial charge in [0.15, 0.2) is 0 Å². The highest BCUT2D eigenvalue weighted by atomic mass is 16.3. The van der Waals surface area contributed by atoms with Gasteiger partial charge in [-0.1, -0.05) is 30.3 Å². The lowest BCUT2D eigenvalue weighted by molar-refractivity contribution is -0.155. The summed E-state index contributed by atoms with van der Waals surface area (Å²) < 4.78 is 0. The Bertz CT molecular complexity index is 412. The van der Waals surface area contributed by atoms with Gasteiger partial charge in [-0.05, 0) is 37.7 Å². The van der Waals surface area contributed by atoms with Crippen LogP contribution in [0, 0.1) is 0 Å². The molecule has 1 unspecified atom stereocenters. The molecule has 2 bridgehead atoms. The zero-order valence-electron chi connectivity index (χ0n) is 11.3. The third kappa shape index (κ3) is 2.42. The van der Waals surface area contributed by atoms with Crippen LogP contribution in [0.1, 0.15) is 31.2 Å². The molecule has 3 nitrogen and oxygen atoms in total. The van der Waals surface area contributed by atoms with Gasteiger partial charge < -0.3 is 10.2 Å². The van der Waals surface area contributed by atoms with E-state index in [-0.39, 0.29) is 12.6 Å². The molecule has 3 heteroatoms. The summed E-state index contributed by atoms with van der Waals surface area (Å²) >= 11 is 0. The van der Waals surface area contributed by atoms with Crippen LogP contribution in [-0.2, 0) is 6.42 Å². The molecule has 1 saturated carbocycles. The first-order valence-corrected chi connectivity index (χ1v) is 7.36. The van der Waals surface area contributed by atoms with Gasteiger partial charge >= 0.3 is 0 Å². The maximum atomic E-state index is 10.6. The van der Waals surface area contributed by atoms with Crippen molar-refractivity contribution in [3.8, 4) is 0 Å². The lowest BCUT2D eigenvalue weighted by atomic mass is 9.71. The molecule has 0 aromatic heterocycles. The van der Waals surface area contributed by atoms with Crippen LogP contribution in [-0.4, -0.2) is 45.9 Å². The molecule has 3 fully saturated rings. The predicted octanol–water partition coefficient (Wildman–Crippen LogP) is 1.58. The highest BCUT2D eigenvalue weighted by Crippen LogP contribution is 2.42. The Hall–Kier alpha value is -0.900. The van der Waals surface area contributed by atoms with E-state index >= 15 is 0 Å². The van der Waals surface area contributed by atoms with Crippen molar-refractivity contribution in [1.82, 2.24) is 4.90 Å². The number of aliphatic hydroxyl groups excluding tert-OH is 1. The Morgan fingerprint density at radius 2 is 1.84 bits per heavy atom. The van der Waals surface area contributed by atoms with Gasteiger partial charge in [0, 0.05) is 12.6 Å². The molecule has 104 valence electrons. The third-order valence-corrected chi connectivity index (χ3v) is 4.99. The van der Waals surface area contributed by atoms with E-state index in [9.17, 15) is 10.2 Å². The van der Waals surface area contributed by atoms with Gasteiger partial charge in [-0.3, -0.25) is 4.90 Å². The molecule has 2 heterocycles. The molecule has 0 radical (unpaired) electrons. The Morgan fingerprint density at radius 1 is 1.16 bits per heavy atom. The summed E-state index contributed by atoms with van der Waals surface area (Å²) in [7, 11) is 0. The fraction of sp³-hybridized carbons (Fsp3) is 0.625. The third-order valence-electron chi connectivity index (χ3n) is 4.99. The second-order valence-corrected chi connectivity index (χ2v) is 6.01. The van der Waals surface area contributed by atoms with E-state index in [2.05, 4.69) is 29.2 Å². The van der Waals surface area contributed by atoms with Crippen molar-refractivity contribution >= 4 is 0 Å². The fourth-order valence-electron chi connectivity index (χ4n) is 3.85. The van der Waals surface area contributed by atoms with Crippen molar-refractivity contribution in [2.75, 3.05) is 13.2 Å². The Balaban J connectivity index is 1.69. The Labute approximate surface area is 114 Å². The van der Waals surface area contributed by atoms with Gasteiger partial charge in [0.25, 0.3) is 0 Å². The van der Waals surface area contributed by atoms with E-state index in [1.165, 1.54) is 5.56 Å². The van der Waals surface area contributed by atoms with E-state index in [1.54, 1.807) is 0 Å². The molecule has 1 atom stereocenters. The van der Waals surface area contributed by atoms with Crippen molar-refractivity contribution in [1.29, 1.82) is 0 Å².